The zero-order chi connectivity index (χ0) is 29.3. The summed E-state index contributed by atoms with van der Waals surface area (Å²) >= 11 is 6.18. The number of nitrogens with one attached hydrogen (secondary N) is 1. The van der Waals surface area contributed by atoms with Crippen LogP contribution in [0.15, 0.2) is 84.9 Å². The Morgan fingerprint density at radius 1 is 0.929 bits per heavy atom. The van der Waals surface area contributed by atoms with Crippen molar-refractivity contribution in [3.63, 3.8) is 0 Å². The number of carbonyl (C=O) groups is 2. The molecule has 0 saturated carbocycles. The maximum atomic E-state index is 14.0. The Labute approximate surface area is 268 Å². The summed E-state index contributed by atoms with van der Waals surface area (Å²) in [6.45, 7) is 3.89. The molecule has 6 nitrogen and oxygen atoms in total. The number of hydrogen-bond acceptors (Lipinski definition) is 3. The normalized spacial score (nSPS) is 10.9. The van der Waals surface area contributed by atoms with Gasteiger partial charge in [0.25, 0.3) is 5.91 Å². The Morgan fingerprint density at radius 3 is 2.24 bits per heavy atom. The van der Waals surface area contributed by atoms with Gasteiger partial charge in [0.1, 0.15) is 17.4 Å². The van der Waals surface area contributed by atoms with E-state index in [9.17, 15) is 23.5 Å². The molecule has 1 heterocycles. The number of aromatic nitrogens is 1. The average Bonchev–Trinajstić information content (AvgIpc) is 3.20. The molecule has 10 heteroatoms. The van der Waals surface area contributed by atoms with Crippen LogP contribution in [0.3, 0.4) is 0 Å². The molecule has 1 radical (unpaired) electrons. The number of benzene rings is 4. The number of carboxylic acids is 1. The molecule has 5 rings (SSSR count). The van der Waals surface area contributed by atoms with Gasteiger partial charge in [0, 0.05) is 58.1 Å². The number of nitrogens with zero attached hydrogens (tertiary/aromatic N) is 1. The number of ether oxygens (including phenoxy) is 1. The van der Waals surface area contributed by atoms with Gasteiger partial charge in [-0.3, -0.25) is 4.79 Å². The Hall–Kier alpha value is -3.69. The van der Waals surface area contributed by atoms with Crippen molar-refractivity contribution in [2.75, 3.05) is 5.32 Å². The summed E-state index contributed by atoms with van der Waals surface area (Å²) in [7, 11) is 0. The minimum atomic E-state index is -1.27. The van der Waals surface area contributed by atoms with Crippen LogP contribution in [-0.2, 0) is 6.54 Å². The van der Waals surface area contributed by atoms with Crippen molar-refractivity contribution >= 4 is 69.6 Å². The third-order valence-electron chi connectivity index (χ3n) is 6.42. The van der Waals surface area contributed by atoms with E-state index < -0.39 is 23.5 Å². The molecule has 4 aromatic carbocycles. The predicted octanol–water partition coefficient (Wildman–Crippen LogP) is 7.65. The summed E-state index contributed by atoms with van der Waals surface area (Å²) in [5.41, 5.74) is 2.16. The minimum absolute atomic E-state index is 0. The minimum Gasteiger partial charge on any atom is -0.491 e. The summed E-state index contributed by atoms with van der Waals surface area (Å²) in [5, 5.41) is 14.0. The molecular weight excluding hydrogens is 573 g/mol. The third kappa shape index (κ3) is 6.85. The molecule has 1 amide bonds. The van der Waals surface area contributed by atoms with Crippen LogP contribution in [0.1, 0.15) is 40.3 Å². The van der Waals surface area contributed by atoms with Crippen molar-refractivity contribution in [3.8, 4) is 16.9 Å². The summed E-state index contributed by atoms with van der Waals surface area (Å²) in [6, 6.07) is 21.6. The van der Waals surface area contributed by atoms with Gasteiger partial charge in [-0.2, -0.15) is 0 Å². The van der Waals surface area contributed by atoms with E-state index in [1.165, 1.54) is 16.7 Å². The second kappa shape index (κ2) is 13.1. The number of fused-ring (bicyclic) bond motifs is 1. The smallest absolute Gasteiger partial charge is 0.354 e. The van der Waals surface area contributed by atoms with Crippen LogP contribution in [0.5, 0.6) is 5.75 Å². The van der Waals surface area contributed by atoms with E-state index in [4.69, 9.17) is 16.3 Å². The number of carboxylic acid groups (broad SMARTS) is 1. The first kappa shape index (κ1) is 31.3. The summed E-state index contributed by atoms with van der Waals surface area (Å²) in [4.78, 5) is 26.0. The van der Waals surface area contributed by atoms with Crippen LogP contribution < -0.4 is 10.1 Å². The van der Waals surface area contributed by atoms with E-state index in [-0.39, 0.29) is 59.2 Å². The van der Waals surface area contributed by atoms with Gasteiger partial charge >= 0.3 is 5.97 Å². The molecule has 0 saturated heterocycles. The van der Waals surface area contributed by atoms with E-state index in [0.717, 1.165) is 11.6 Å². The fraction of sp³-hybridized carbons (Fsp3) is 0.125. The van der Waals surface area contributed by atoms with Crippen molar-refractivity contribution in [3.05, 3.63) is 118 Å². The first-order valence-electron chi connectivity index (χ1n) is 12.8. The third-order valence-corrected chi connectivity index (χ3v) is 6.65. The Kier molecular flexibility index (Phi) is 9.74. The first-order chi connectivity index (χ1) is 19.6. The van der Waals surface area contributed by atoms with Crippen molar-refractivity contribution < 1.29 is 28.2 Å². The fourth-order valence-electron chi connectivity index (χ4n) is 4.72. The monoisotopic (exact) mass is 597 g/mol. The molecule has 2 N–H and O–H groups in total. The Balaban J connectivity index is 0.00000405. The van der Waals surface area contributed by atoms with Crippen molar-refractivity contribution in [2.45, 2.75) is 26.5 Å². The summed E-state index contributed by atoms with van der Waals surface area (Å²) in [6.07, 6.45) is -0.0350. The Bertz CT molecular complexity index is 1770. The molecule has 42 heavy (non-hydrogen) atoms. The van der Waals surface area contributed by atoms with E-state index >= 15 is 0 Å². The van der Waals surface area contributed by atoms with Gasteiger partial charge in [0.15, 0.2) is 5.69 Å². The number of anilines is 1. The molecule has 0 aliphatic rings. The largest absolute Gasteiger partial charge is 0.491 e. The number of hydrogen-bond donors (Lipinski definition) is 2. The molecule has 0 bridgehead atoms. The van der Waals surface area contributed by atoms with Gasteiger partial charge in [-0.15, -0.1) is 0 Å². The molecular formula is C32H25ClF2N2NaO4. The first-order valence-corrected chi connectivity index (χ1v) is 13.2. The zero-order valence-electron chi connectivity index (χ0n) is 23.1. The standard InChI is InChI=1S/C32H25ClF2N2O4.Na/c1-18(2)41-26-9-6-20(7-10-26)31(38)36-29-27-11-8-21(22-13-24(34)16-25(35)14-22)15-28(27)37(30(29)32(39)40)17-19-4-3-5-23(33)12-19;/h3-16,18H,17H2,1-2H3,(H,36,38)(H,39,40);. The quantitative estimate of drug-likeness (QED) is 0.180. The molecule has 5 aromatic rings. The second-order valence-electron chi connectivity index (χ2n) is 9.78. The average molecular weight is 598 g/mol. The van der Waals surface area contributed by atoms with Crippen LogP contribution in [-0.4, -0.2) is 57.2 Å². The maximum Gasteiger partial charge on any atom is 0.354 e. The molecule has 0 spiro atoms. The second-order valence-corrected chi connectivity index (χ2v) is 10.2. The summed E-state index contributed by atoms with van der Waals surface area (Å²) < 4.78 is 35.2. The Morgan fingerprint density at radius 2 is 1.62 bits per heavy atom. The van der Waals surface area contributed by atoms with Crippen molar-refractivity contribution in [1.82, 2.24) is 4.57 Å². The van der Waals surface area contributed by atoms with Gasteiger partial charge < -0.3 is 19.7 Å². The number of amides is 1. The van der Waals surface area contributed by atoms with Crippen LogP contribution in [0.25, 0.3) is 22.0 Å². The van der Waals surface area contributed by atoms with Crippen molar-refractivity contribution in [2.24, 2.45) is 0 Å². The van der Waals surface area contributed by atoms with Crippen molar-refractivity contribution in [1.29, 1.82) is 0 Å². The van der Waals surface area contributed by atoms with Crippen LogP contribution >= 0.6 is 11.6 Å². The van der Waals surface area contributed by atoms with Crippen LogP contribution in [0.4, 0.5) is 14.5 Å². The zero-order valence-corrected chi connectivity index (χ0v) is 25.9. The number of rotatable bonds is 8. The van der Waals surface area contributed by atoms with E-state index in [1.54, 1.807) is 66.7 Å². The SMILES string of the molecule is CC(C)Oc1ccc(C(=O)Nc2c(C(=O)O)n(Cc3cccc(Cl)c3)c3cc(-c4cc(F)cc(F)c4)ccc23)cc1.[Na]. The number of aromatic carboxylic acids is 1. The van der Waals surface area contributed by atoms with Gasteiger partial charge in [-0.25, -0.2) is 13.6 Å². The fourth-order valence-corrected chi connectivity index (χ4v) is 4.94. The number of carbonyl (C=O) groups excluding carboxylic acids is 1. The molecule has 0 atom stereocenters. The van der Waals surface area contributed by atoms with E-state index in [0.29, 0.717) is 32.8 Å². The molecule has 0 aliphatic heterocycles. The van der Waals surface area contributed by atoms with Gasteiger partial charge in [0.2, 0.25) is 0 Å². The summed E-state index contributed by atoms with van der Waals surface area (Å²) in [5.74, 6) is -2.65. The van der Waals surface area contributed by atoms with E-state index in [1.807, 2.05) is 13.8 Å². The van der Waals surface area contributed by atoms with Gasteiger partial charge in [0.05, 0.1) is 17.3 Å². The predicted molar refractivity (Wildman–Crippen MR) is 161 cm³/mol. The van der Waals surface area contributed by atoms with Crippen LogP contribution in [0, 0.1) is 11.6 Å². The molecule has 0 unspecified atom stereocenters. The maximum absolute atomic E-state index is 14.0. The number of halogens is 3. The van der Waals surface area contributed by atoms with Gasteiger partial charge in [-0.1, -0.05) is 35.9 Å². The molecule has 1 aromatic heterocycles. The van der Waals surface area contributed by atoms with E-state index in [2.05, 4.69) is 5.32 Å². The van der Waals surface area contributed by atoms with Crippen LogP contribution in [0.2, 0.25) is 5.02 Å². The van der Waals surface area contributed by atoms with Gasteiger partial charge in [-0.05, 0) is 85.1 Å². The topological polar surface area (TPSA) is 80.6 Å². The molecule has 209 valence electrons. The molecule has 0 fully saturated rings. The molecule has 0 aliphatic carbocycles.